The molecule has 102 valence electrons. The summed E-state index contributed by atoms with van der Waals surface area (Å²) in [7, 11) is 3.09. The molecule has 0 saturated heterocycles. The number of halogens is 1. The van der Waals surface area contributed by atoms with Crippen molar-refractivity contribution >= 4 is 11.6 Å². The first-order chi connectivity index (χ1) is 8.69. The molecule has 0 aliphatic heterocycles. The first-order valence-electron chi connectivity index (χ1n) is 5.64. The summed E-state index contributed by atoms with van der Waals surface area (Å²) in [6.07, 6.45) is 0. The van der Waals surface area contributed by atoms with Gasteiger partial charge in [0, 0.05) is 19.1 Å². The monoisotopic (exact) mass is 274 g/mol. The van der Waals surface area contributed by atoms with Crippen LogP contribution in [0.2, 0.25) is 5.02 Å². The first-order valence-corrected chi connectivity index (χ1v) is 6.02. The van der Waals surface area contributed by atoms with Crippen molar-refractivity contribution in [3.05, 3.63) is 22.7 Å². The van der Waals surface area contributed by atoms with Gasteiger partial charge in [0.05, 0.1) is 25.8 Å². The third-order valence-corrected chi connectivity index (χ3v) is 3.02. The van der Waals surface area contributed by atoms with Crippen LogP contribution in [0.4, 0.5) is 0 Å². The third-order valence-electron chi connectivity index (χ3n) is 2.63. The second kappa shape index (κ2) is 7.43. The molecule has 1 rings (SSSR count). The lowest BCUT2D eigenvalue weighted by molar-refractivity contribution is 0.285. The van der Waals surface area contributed by atoms with Crippen molar-refractivity contribution in [2.45, 2.75) is 6.04 Å². The second-order valence-corrected chi connectivity index (χ2v) is 4.05. The van der Waals surface area contributed by atoms with Gasteiger partial charge in [-0.15, -0.1) is 0 Å². The normalized spacial score (nSPS) is 12.3. The summed E-state index contributed by atoms with van der Waals surface area (Å²) in [5.74, 6) is 1.06. The predicted molar refractivity (Wildman–Crippen MR) is 71.4 cm³/mol. The number of nitrogens with two attached hydrogens (primary N) is 1. The molecule has 0 aliphatic carbocycles. The van der Waals surface area contributed by atoms with E-state index in [0.29, 0.717) is 29.6 Å². The maximum atomic E-state index is 8.83. The summed E-state index contributed by atoms with van der Waals surface area (Å²) < 4.78 is 10.4. The zero-order chi connectivity index (χ0) is 13.5. The van der Waals surface area contributed by atoms with Crippen LogP contribution in [0.5, 0.6) is 11.5 Å². The zero-order valence-electron chi connectivity index (χ0n) is 10.6. The van der Waals surface area contributed by atoms with Gasteiger partial charge in [-0.3, -0.25) is 0 Å². The van der Waals surface area contributed by atoms with Crippen molar-refractivity contribution in [2.75, 3.05) is 33.9 Å². The molecule has 0 heterocycles. The van der Waals surface area contributed by atoms with Crippen molar-refractivity contribution in [1.29, 1.82) is 0 Å². The lowest BCUT2D eigenvalue weighted by Crippen LogP contribution is -2.30. The molecule has 18 heavy (non-hydrogen) atoms. The molecule has 0 radical (unpaired) electrons. The van der Waals surface area contributed by atoms with Crippen molar-refractivity contribution in [1.82, 2.24) is 5.32 Å². The minimum absolute atomic E-state index is 0.0431. The smallest absolute Gasteiger partial charge is 0.179 e. The van der Waals surface area contributed by atoms with Gasteiger partial charge in [-0.25, -0.2) is 0 Å². The first kappa shape index (κ1) is 15.0. The summed E-state index contributed by atoms with van der Waals surface area (Å²) in [5.41, 5.74) is 6.53. The highest BCUT2D eigenvalue weighted by atomic mass is 35.5. The summed E-state index contributed by atoms with van der Waals surface area (Å²) in [6.45, 7) is 0.864. The van der Waals surface area contributed by atoms with Gasteiger partial charge in [0.25, 0.3) is 0 Å². The van der Waals surface area contributed by atoms with Crippen molar-refractivity contribution in [2.24, 2.45) is 5.73 Å². The van der Waals surface area contributed by atoms with E-state index in [4.69, 9.17) is 31.9 Å². The highest BCUT2D eigenvalue weighted by molar-refractivity contribution is 6.33. The van der Waals surface area contributed by atoms with E-state index in [9.17, 15) is 0 Å². The van der Waals surface area contributed by atoms with Crippen LogP contribution in [0.3, 0.4) is 0 Å². The highest BCUT2D eigenvalue weighted by Crippen LogP contribution is 2.39. The standard InChI is InChI=1S/C12H19ClN2O3/c1-17-10-4-3-8(11(13)12(10)18-2)9(7-14)15-5-6-16/h3-4,9,15-16H,5-7,14H2,1-2H3. The van der Waals surface area contributed by atoms with Gasteiger partial charge in [0.15, 0.2) is 11.5 Å². The summed E-state index contributed by atoms with van der Waals surface area (Å²) in [6, 6.07) is 3.49. The Labute approximate surface area is 112 Å². The number of ether oxygens (including phenoxy) is 2. The number of benzene rings is 1. The van der Waals surface area contributed by atoms with Crippen LogP contribution < -0.4 is 20.5 Å². The van der Waals surface area contributed by atoms with E-state index in [-0.39, 0.29) is 12.6 Å². The Morgan fingerprint density at radius 1 is 1.39 bits per heavy atom. The molecule has 0 saturated carbocycles. The molecule has 0 aromatic heterocycles. The molecule has 1 aromatic carbocycles. The molecule has 1 atom stereocenters. The van der Waals surface area contributed by atoms with Crippen LogP contribution in [-0.2, 0) is 0 Å². The molecule has 0 fully saturated rings. The summed E-state index contributed by atoms with van der Waals surface area (Å²) in [5, 5.41) is 12.4. The Hall–Kier alpha value is -1.01. The topological polar surface area (TPSA) is 76.7 Å². The van der Waals surface area contributed by atoms with E-state index in [1.54, 1.807) is 13.2 Å². The molecule has 0 bridgehead atoms. The van der Waals surface area contributed by atoms with E-state index in [1.165, 1.54) is 7.11 Å². The molecule has 5 nitrogen and oxygen atoms in total. The Bertz CT molecular complexity index is 388. The molecule has 0 aliphatic rings. The lowest BCUT2D eigenvalue weighted by atomic mass is 10.1. The van der Waals surface area contributed by atoms with Crippen LogP contribution in [0, 0.1) is 0 Å². The van der Waals surface area contributed by atoms with Gasteiger partial charge in [-0.05, 0) is 11.6 Å². The Kier molecular flexibility index (Phi) is 6.21. The average molecular weight is 275 g/mol. The van der Waals surface area contributed by atoms with Crippen molar-refractivity contribution in [3.8, 4) is 11.5 Å². The number of methoxy groups -OCH3 is 2. The number of nitrogens with one attached hydrogen (secondary N) is 1. The van der Waals surface area contributed by atoms with Crippen LogP contribution >= 0.6 is 11.6 Å². The predicted octanol–water partition coefficient (Wildman–Crippen LogP) is 0.939. The molecule has 6 heteroatoms. The third kappa shape index (κ3) is 3.26. The van der Waals surface area contributed by atoms with Crippen molar-refractivity contribution in [3.63, 3.8) is 0 Å². The van der Waals surface area contributed by atoms with Crippen LogP contribution in [-0.4, -0.2) is 39.0 Å². The molecule has 1 unspecified atom stereocenters. The van der Waals surface area contributed by atoms with Gasteiger partial charge in [0.2, 0.25) is 0 Å². The SMILES string of the molecule is COc1ccc(C(CN)NCCO)c(Cl)c1OC. The maximum Gasteiger partial charge on any atom is 0.179 e. The summed E-state index contributed by atoms with van der Waals surface area (Å²) >= 11 is 6.28. The van der Waals surface area contributed by atoms with E-state index in [2.05, 4.69) is 5.32 Å². The lowest BCUT2D eigenvalue weighted by Gasteiger charge is -2.20. The quantitative estimate of drug-likeness (QED) is 0.690. The Morgan fingerprint density at radius 3 is 2.61 bits per heavy atom. The second-order valence-electron chi connectivity index (χ2n) is 3.67. The van der Waals surface area contributed by atoms with E-state index in [0.717, 1.165) is 5.56 Å². The van der Waals surface area contributed by atoms with Gasteiger partial charge in [0.1, 0.15) is 0 Å². The Morgan fingerprint density at radius 2 is 2.11 bits per heavy atom. The molecule has 4 N–H and O–H groups in total. The fourth-order valence-corrected chi connectivity index (χ4v) is 2.10. The van der Waals surface area contributed by atoms with Gasteiger partial charge in [-0.2, -0.15) is 0 Å². The van der Waals surface area contributed by atoms with Crippen LogP contribution in [0.25, 0.3) is 0 Å². The molecular formula is C12H19ClN2O3. The molecule has 0 spiro atoms. The maximum absolute atomic E-state index is 8.83. The van der Waals surface area contributed by atoms with E-state index >= 15 is 0 Å². The number of aliphatic hydroxyl groups excluding tert-OH is 1. The van der Waals surface area contributed by atoms with E-state index in [1.807, 2.05) is 6.07 Å². The van der Waals surface area contributed by atoms with E-state index < -0.39 is 0 Å². The highest BCUT2D eigenvalue weighted by Gasteiger charge is 2.18. The van der Waals surface area contributed by atoms with Crippen molar-refractivity contribution < 1.29 is 14.6 Å². The fraction of sp³-hybridized carbons (Fsp3) is 0.500. The molecule has 1 aromatic rings. The van der Waals surface area contributed by atoms with Gasteiger partial charge < -0.3 is 25.6 Å². The van der Waals surface area contributed by atoms with Crippen LogP contribution in [0.15, 0.2) is 12.1 Å². The number of hydrogen-bond acceptors (Lipinski definition) is 5. The summed E-state index contributed by atoms with van der Waals surface area (Å²) in [4.78, 5) is 0. The zero-order valence-corrected chi connectivity index (χ0v) is 11.3. The van der Waals surface area contributed by atoms with Gasteiger partial charge in [-0.1, -0.05) is 17.7 Å². The van der Waals surface area contributed by atoms with Gasteiger partial charge >= 0.3 is 0 Å². The molecule has 0 amide bonds. The Balaban J connectivity index is 3.07. The number of rotatable bonds is 7. The minimum atomic E-state index is -0.135. The largest absolute Gasteiger partial charge is 0.493 e. The molecular weight excluding hydrogens is 256 g/mol. The number of aliphatic hydroxyl groups is 1. The minimum Gasteiger partial charge on any atom is -0.493 e. The van der Waals surface area contributed by atoms with Crippen LogP contribution in [0.1, 0.15) is 11.6 Å². The number of hydrogen-bond donors (Lipinski definition) is 3. The fourth-order valence-electron chi connectivity index (χ4n) is 1.73. The average Bonchev–Trinajstić information content (AvgIpc) is 2.40.